The zero-order valence-electron chi connectivity index (χ0n) is 16.0. The summed E-state index contributed by atoms with van der Waals surface area (Å²) >= 11 is 1.69. The number of hydrogen-bond acceptors (Lipinski definition) is 3. The maximum atomic E-state index is 13.4. The zero-order valence-corrected chi connectivity index (χ0v) is 16.9. The second kappa shape index (κ2) is 9.52. The van der Waals surface area contributed by atoms with Crippen LogP contribution in [0.5, 0.6) is 0 Å². The molecule has 146 valence electrons. The summed E-state index contributed by atoms with van der Waals surface area (Å²) in [5.74, 6) is 1.55. The number of rotatable bonds is 8. The minimum absolute atomic E-state index is 0.247. The Morgan fingerprint density at radius 3 is 2.10 bits per heavy atom. The highest BCUT2D eigenvalue weighted by Crippen LogP contribution is 2.24. The average molecular weight is 404 g/mol. The van der Waals surface area contributed by atoms with Gasteiger partial charge < -0.3 is 0 Å². The van der Waals surface area contributed by atoms with Crippen molar-refractivity contribution in [3.63, 3.8) is 0 Å². The van der Waals surface area contributed by atoms with E-state index in [9.17, 15) is 4.39 Å². The van der Waals surface area contributed by atoms with Crippen molar-refractivity contribution in [2.75, 3.05) is 5.75 Å². The number of hydrogen-bond donors (Lipinski definition) is 0. The van der Waals surface area contributed by atoms with Crippen LogP contribution in [0.2, 0.25) is 0 Å². The molecule has 0 fully saturated rings. The fourth-order valence-electron chi connectivity index (χ4n) is 3.22. The van der Waals surface area contributed by atoms with Gasteiger partial charge in [-0.05, 0) is 48.2 Å². The van der Waals surface area contributed by atoms with Gasteiger partial charge in [-0.1, -0.05) is 72.4 Å². The molecule has 1 aromatic heterocycles. The summed E-state index contributed by atoms with van der Waals surface area (Å²) in [7, 11) is 0. The van der Waals surface area contributed by atoms with E-state index < -0.39 is 0 Å². The van der Waals surface area contributed by atoms with Gasteiger partial charge in [-0.2, -0.15) is 0 Å². The van der Waals surface area contributed by atoms with Crippen LogP contribution in [0.1, 0.15) is 23.4 Å². The lowest BCUT2D eigenvalue weighted by molar-refractivity contribution is 0.627. The van der Waals surface area contributed by atoms with E-state index >= 15 is 0 Å². The fraction of sp³-hybridized carbons (Fsp3) is 0.167. The van der Waals surface area contributed by atoms with Crippen molar-refractivity contribution >= 4 is 11.8 Å². The van der Waals surface area contributed by atoms with Crippen molar-refractivity contribution < 1.29 is 4.39 Å². The second-order valence-electron chi connectivity index (χ2n) is 6.81. The van der Waals surface area contributed by atoms with Gasteiger partial charge in [0.2, 0.25) is 0 Å². The molecule has 3 aromatic carbocycles. The lowest BCUT2D eigenvalue weighted by atomic mass is 10.1. The lowest BCUT2D eigenvalue weighted by Gasteiger charge is -2.10. The minimum atomic E-state index is -0.247. The highest BCUT2D eigenvalue weighted by Gasteiger charge is 2.15. The highest BCUT2D eigenvalue weighted by atomic mass is 32.2. The van der Waals surface area contributed by atoms with Gasteiger partial charge >= 0.3 is 0 Å². The van der Waals surface area contributed by atoms with Crippen molar-refractivity contribution in [2.24, 2.45) is 0 Å². The predicted molar refractivity (Wildman–Crippen MR) is 116 cm³/mol. The summed E-state index contributed by atoms with van der Waals surface area (Å²) in [5.41, 5.74) is 3.40. The molecule has 0 N–H and O–H groups in total. The molecule has 0 saturated carbocycles. The van der Waals surface area contributed by atoms with E-state index in [-0.39, 0.29) is 5.82 Å². The van der Waals surface area contributed by atoms with E-state index in [2.05, 4.69) is 46.6 Å². The van der Waals surface area contributed by atoms with Gasteiger partial charge in [0.25, 0.3) is 0 Å². The number of nitrogens with zero attached hydrogens (tertiary/aromatic N) is 3. The molecule has 0 unspecified atom stereocenters. The van der Waals surface area contributed by atoms with Crippen LogP contribution < -0.4 is 0 Å². The molecule has 0 bridgehead atoms. The largest absolute Gasteiger partial charge is 0.274 e. The zero-order chi connectivity index (χ0) is 19.9. The van der Waals surface area contributed by atoms with E-state index in [1.54, 1.807) is 23.9 Å². The normalized spacial score (nSPS) is 10.9. The Balaban J connectivity index is 1.52. The van der Waals surface area contributed by atoms with Gasteiger partial charge in [0, 0.05) is 17.9 Å². The molecule has 5 heteroatoms. The molecule has 1 heterocycles. The van der Waals surface area contributed by atoms with E-state index in [0.717, 1.165) is 35.3 Å². The first-order chi connectivity index (χ1) is 14.3. The van der Waals surface area contributed by atoms with Crippen LogP contribution in [0.25, 0.3) is 5.69 Å². The first-order valence-electron chi connectivity index (χ1n) is 9.70. The fourth-order valence-corrected chi connectivity index (χ4v) is 4.13. The van der Waals surface area contributed by atoms with Crippen LogP contribution in [0, 0.1) is 5.82 Å². The van der Waals surface area contributed by atoms with E-state index in [0.29, 0.717) is 6.42 Å². The Morgan fingerprint density at radius 2 is 1.41 bits per heavy atom. The number of thioether (sulfide) groups is 1. The van der Waals surface area contributed by atoms with Crippen LogP contribution in [0.15, 0.2) is 90.1 Å². The van der Waals surface area contributed by atoms with Crippen molar-refractivity contribution in [1.29, 1.82) is 0 Å². The van der Waals surface area contributed by atoms with Crippen molar-refractivity contribution in [3.05, 3.63) is 108 Å². The molecule has 0 atom stereocenters. The molecule has 29 heavy (non-hydrogen) atoms. The van der Waals surface area contributed by atoms with E-state index in [4.69, 9.17) is 0 Å². The third-order valence-corrected chi connectivity index (χ3v) is 5.69. The van der Waals surface area contributed by atoms with Crippen LogP contribution in [-0.4, -0.2) is 20.5 Å². The van der Waals surface area contributed by atoms with Crippen LogP contribution in [-0.2, 0) is 12.8 Å². The highest BCUT2D eigenvalue weighted by molar-refractivity contribution is 7.99. The smallest absolute Gasteiger partial charge is 0.195 e. The second-order valence-corrected chi connectivity index (χ2v) is 7.87. The quantitative estimate of drug-likeness (QED) is 0.278. The Kier molecular flexibility index (Phi) is 6.37. The SMILES string of the molecule is Fc1ccc(-n2c(Cc3ccccc3)nnc2SCCCc2ccccc2)cc1. The molecule has 0 spiro atoms. The monoisotopic (exact) mass is 403 g/mol. The molecule has 0 amide bonds. The number of aryl methyl sites for hydroxylation is 1. The Hall–Kier alpha value is -2.92. The average Bonchev–Trinajstić information content (AvgIpc) is 3.15. The molecular weight excluding hydrogens is 381 g/mol. The van der Waals surface area contributed by atoms with Gasteiger partial charge in [0.05, 0.1) is 0 Å². The number of aromatic nitrogens is 3. The molecule has 0 aliphatic carbocycles. The molecule has 0 aliphatic heterocycles. The molecule has 0 aliphatic rings. The molecule has 0 saturated heterocycles. The first kappa shape index (κ1) is 19.4. The molecule has 0 radical (unpaired) electrons. The molecule has 3 nitrogen and oxygen atoms in total. The topological polar surface area (TPSA) is 30.7 Å². The van der Waals surface area contributed by atoms with Gasteiger partial charge in [-0.25, -0.2) is 4.39 Å². The molecule has 4 aromatic rings. The third kappa shape index (κ3) is 5.12. The maximum Gasteiger partial charge on any atom is 0.195 e. The van der Waals surface area contributed by atoms with Gasteiger partial charge in [0.15, 0.2) is 5.16 Å². The van der Waals surface area contributed by atoms with Crippen molar-refractivity contribution in [2.45, 2.75) is 24.4 Å². The summed E-state index contributed by atoms with van der Waals surface area (Å²) in [6.45, 7) is 0. The summed E-state index contributed by atoms with van der Waals surface area (Å²) < 4.78 is 15.5. The maximum absolute atomic E-state index is 13.4. The summed E-state index contributed by atoms with van der Waals surface area (Å²) in [6, 6.07) is 27.2. The summed E-state index contributed by atoms with van der Waals surface area (Å²) in [6.07, 6.45) is 2.77. The third-order valence-electron chi connectivity index (χ3n) is 4.67. The number of benzene rings is 3. The number of halogens is 1. The predicted octanol–water partition coefficient (Wildman–Crippen LogP) is 5.72. The van der Waals surface area contributed by atoms with E-state index in [1.807, 2.05) is 28.8 Å². The minimum Gasteiger partial charge on any atom is -0.274 e. The van der Waals surface area contributed by atoms with Crippen molar-refractivity contribution in [1.82, 2.24) is 14.8 Å². The van der Waals surface area contributed by atoms with Gasteiger partial charge in [-0.3, -0.25) is 4.57 Å². The Labute approximate surface area is 174 Å². The van der Waals surface area contributed by atoms with Gasteiger partial charge in [-0.15, -0.1) is 10.2 Å². The summed E-state index contributed by atoms with van der Waals surface area (Å²) in [5, 5.41) is 9.73. The molecule has 4 rings (SSSR count). The Morgan fingerprint density at radius 1 is 0.759 bits per heavy atom. The summed E-state index contributed by atoms with van der Waals surface area (Å²) in [4.78, 5) is 0. The van der Waals surface area contributed by atoms with Crippen LogP contribution in [0.4, 0.5) is 4.39 Å². The van der Waals surface area contributed by atoms with Crippen LogP contribution >= 0.6 is 11.8 Å². The molecular formula is C24H22FN3S. The Bertz CT molecular complexity index is 1030. The van der Waals surface area contributed by atoms with Crippen LogP contribution in [0.3, 0.4) is 0 Å². The standard InChI is InChI=1S/C24H22FN3S/c25-21-13-15-22(16-14-21)28-23(18-20-10-5-2-6-11-20)26-27-24(28)29-17-7-12-19-8-3-1-4-9-19/h1-6,8-11,13-16H,7,12,17-18H2. The first-order valence-corrected chi connectivity index (χ1v) is 10.7. The van der Waals surface area contributed by atoms with Gasteiger partial charge in [0.1, 0.15) is 11.6 Å². The lowest BCUT2D eigenvalue weighted by Crippen LogP contribution is -2.04. The van der Waals surface area contributed by atoms with Crippen molar-refractivity contribution in [3.8, 4) is 5.69 Å². The van der Waals surface area contributed by atoms with E-state index in [1.165, 1.54) is 23.3 Å².